The van der Waals surface area contributed by atoms with E-state index in [9.17, 15) is 4.79 Å². The molecule has 0 amide bonds. The Balaban J connectivity index is 2.37. The average Bonchev–Trinajstić information content (AvgIpc) is 2.28. The number of ether oxygens (including phenoxy) is 2. The van der Waals surface area contributed by atoms with Crippen LogP contribution in [0.4, 0.5) is 5.69 Å². The molecule has 5 heteroatoms. The highest BCUT2D eigenvalue weighted by atomic mass is 35.5. The Hall–Kier alpha value is -1.42. The Bertz CT molecular complexity index is 368. The van der Waals surface area contributed by atoms with Crippen LogP contribution in [0, 0.1) is 0 Å². The molecule has 0 saturated heterocycles. The summed E-state index contributed by atoms with van der Waals surface area (Å²) in [6.45, 7) is 0.401. The normalized spacial score (nSPS) is 9.88. The van der Waals surface area contributed by atoms with Crippen LogP contribution >= 0.6 is 11.6 Å². The van der Waals surface area contributed by atoms with Crippen molar-refractivity contribution < 1.29 is 14.3 Å². The maximum atomic E-state index is 10.8. The van der Waals surface area contributed by atoms with E-state index >= 15 is 0 Å². The van der Waals surface area contributed by atoms with E-state index < -0.39 is 0 Å². The van der Waals surface area contributed by atoms with Crippen molar-refractivity contribution in [3.05, 3.63) is 23.2 Å². The third kappa shape index (κ3) is 3.98. The minimum absolute atomic E-state index is 0.248. The van der Waals surface area contributed by atoms with Crippen molar-refractivity contribution in [2.24, 2.45) is 0 Å². The molecule has 1 aromatic carbocycles. The topological polar surface area (TPSA) is 61.5 Å². The van der Waals surface area contributed by atoms with E-state index in [1.54, 1.807) is 18.2 Å². The van der Waals surface area contributed by atoms with Crippen molar-refractivity contribution in [3.8, 4) is 5.75 Å². The summed E-state index contributed by atoms with van der Waals surface area (Å²) >= 11 is 5.89. The molecule has 16 heavy (non-hydrogen) atoms. The van der Waals surface area contributed by atoms with Crippen molar-refractivity contribution in [3.63, 3.8) is 0 Å². The maximum absolute atomic E-state index is 10.8. The molecule has 0 saturated carbocycles. The fourth-order valence-electron chi connectivity index (χ4n) is 1.13. The second kappa shape index (κ2) is 6.23. The first-order chi connectivity index (χ1) is 7.63. The monoisotopic (exact) mass is 243 g/mol. The summed E-state index contributed by atoms with van der Waals surface area (Å²) < 4.78 is 9.90. The molecule has 1 rings (SSSR count). The molecule has 0 aliphatic heterocycles. The van der Waals surface area contributed by atoms with E-state index in [1.807, 2.05) is 0 Å². The molecule has 0 atom stereocenters. The second-order valence-electron chi connectivity index (χ2n) is 3.22. The summed E-state index contributed by atoms with van der Waals surface area (Å²) in [6, 6.07) is 5.02. The highest BCUT2D eigenvalue weighted by molar-refractivity contribution is 6.32. The van der Waals surface area contributed by atoms with Gasteiger partial charge in [-0.1, -0.05) is 11.6 Å². The Labute approximate surface area is 99.3 Å². The average molecular weight is 244 g/mol. The van der Waals surface area contributed by atoms with Crippen molar-refractivity contribution >= 4 is 23.3 Å². The van der Waals surface area contributed by atoms with Crippen LogP contribution in [0.25, 0.3) is 0 Å². The molecule has 0 unspecified atom stereocenters. The number of anilines is 1. The third-order valence-corrected chi connectivity index (χ3v) is 2.28. The lowest BCUT2D eigenvalue weighted by molar-refractivity contribution is -0.140. The summed E-state index contributed by atoms with van der Waals surface area (Å²) in [6.07, 6.45) is 0.911. The predicted molar refractivity (Wildman–Crippen MR) is 62.6 cm³/mol. The first-order valence-corrected chi connectivity index (χ1v) is 5.26. The van der Waals surface area contributed by atoms with E-state index in [0.29, 0.717) is 35.9 Å². The molecule has 0 aromatic heterocycles. The Morgan fingerprint density at radius 3 is 2.94 bits per heavy atom. The molecule has 0 radical (unpaired) electrons. The van der Waals surface area contributed by atoms with Crippen LogP contribution < -0.4 is 10.5 Å². The first kappa shape index (κ1) is 12.6. The summed E-state index contributed by atoms with van der Waals surface area (Å²) in [7, 11) is 1.36. The van der Waals surface area contributed by atoms with Crippen molar-refractivity contribution in [2.45, 2.75) is 12.8 Å². The molecule has 88 valence electrons. The van der Waals surface area contributed by atoms with E-state index in [1.165, 1.54) is 7.11 Å². The Morgan fingerprint density at radius 1 is 1.50 bits per heavy atom. The van der Waals surface area contributed by atoms with Gasteiger partial charge in [0, 0.05) is 18.2 Å². The van der Waals surface area contributed by atoms with Gasteiger partial charge in [-0.15, -0.1) is 0 Å². The zero-order valence-electron chi connectivity index (χ0n) is 9.03. The number of halogens is 1. The quantitative estimate of drug-likeness (QED) is 0.490. The standard InChI is InChI=1S/C11H14ClNO3/c1-15-11(14)3-2-6-16-10-7-8(13)4-5-9(10)12/h4-5,7H,2-3,6,13H2,1H3. The smallest absolute Gasteiger partial charge is 0.305 e. The SMILES string of the molecule is COC(=O)CCCOc1cc(N)ccc1Cl. The number of nitrogen functional groups attached to an aromatic ring is 1. The van der Waals surface area contributed by atoms with Gasteiger partial charge < -0.3 is 15.2 Å². The van der Waals surface area contributed by atoms with Crippen LogP contribution in [0.5, 0.6) is 5.75 Å². The van der Waals surface area contributed by atoms with Crippen LogP contribution in [0.1, 0.15) is 12.8 Å². The highest BCUT2D eigenvalue weighted by Crippen LogP contribution is 2.26. The highest BCUT2D eigenvalue weighted by Gasteiger charge is 2.03. The van der Waals surface area contributed by atoms with Gasteiger partial charge in [0.15, 0.2) is 0 Å². The number of hydrogen-bond acceptors (Lipinski definition) is 4. The van der Waals surface area contributed by atoms with Crippen LogP contribution in [0.3, 0.4) is 0 Å². The molecule has 0 heterocycles. The van der Waals surface area contributed by atoms with E-state index in [-0.39, 0.29) is 5.97 Å². The zero-order chi connectivity index (χ0) is 12.0. The number of carbonyl (C=O) groups excluding carboxylic acids is 1. The van der Waals surface area contributed by atoms with Gasteiger partial charge in [0.2, 0.25) is 0 Å². The molecule has 2 N–H and O–H groups in total. The molecule has 0 fully saturated rings. The van der Waals surface area contributed by atoms with Gasteiger partial charge in [-0.25, -0.2) is 0 Å². The molecular formula is C11H14ClNO3. The Kier molecular flexibility index (Phi) is 4.92. The number of carbonyl (C=O) groups is 1. The first-order valence-electron chi connectivity index (χ1n) is 4.88. The van der Waals surface area contributed by atoms with Gasteiger partial charge >= 0.3 is 5.97 Å². The number of rotatable bonds is 5. The van der Waals surface area contributed by atoms with Crippen molar-refractivity contribution in [1.82, 2.24) is 0 Å². The summed E-state index contributed by atoms with van der Waals surface area (Å²) in [5, 5.41) is 0.507. The van der Waals surface area contributed by atoms with Gasteiger partial charge in [0.1, 0.15) is 5.75 Å². The number of esters is 1. The lowest BCUT2D eigenvalue weighted by atomic mass is 10.3. The van der Waals surface area contributed by atoms with Crippen molar-refractivity contribution in [2.75, 3.05) is 19.5 Å². The maximum Gasteiger partial charge on any atom is 0.305 e. The van der Waals surface area contributed by atoms with Crippen molar-refractivity contribution in [1.29, 1.82) is 0 Å². The van der Waals surface area contributed by atoms with E-state index in [0.717, 1.165) is 0 Å². The summed E-state index contributed by atoms with van der Waals surface area (Å²) in [5.74, 6) is 0.286. The molecule has 4 nitrogen and oxygen atoms in total. The minimum Gasteiger partial charge on any atom is -0.492 e. The largest absolute Gasteiger partial charge is 0.492 e. The zero-order valence-corrected chi connectivity index (χ0v) is 9.79. The van der Waals surface area contributed by atoms with Gasteiger partial charge in [0.25, 0.3) is 0 Å². The molecule has 0 aliphatic carbocycles. The molecule has 0 bridgehead atoms. The second-order valence-corrected chi connectivity index (χ2v) is 3.63. The lowest BCUT2D eigenvalue weighted by Gasteiger charge is -2.08. The Morgan fingerprint density at radius 2 is 2.25 bits per heavy atom. The van der Waals surface area contributed by atoms with Crippen LogP contribution in [0.2, 0.25) is 5.02 Å². The predicted octanol–water partition coefficient (Wildman–Crippen LogP) is 2.25. The minimum atomic E-state index is -0.248. The summed E-state index contributed by atoms with van der Waals surface area (Å²) in [4.78, 5) is 10.8. The van der Waals surface area contributed by atoms with Gasteiger partial charge in [-0.05, 0) is 18.6 Å². The van der Waals surface area contributed by atoms with Crippen LogP contribution in [-0.4, -0.2) is 19.7 Å². The fourth-order valence-corrected chi connectivity index (χ4v) is 1.30. The molecular weight excluding hydrogens is 230 g/mol. The van der Waals surface area contributed by atoms with E-state index in [4.69, 9.17) is 22.1 Å². The lowest BCUT2D eigenvalue weighted by Crippen LogP contribution is -2.04. The van der Waals surface area contributed by atoms with E-state index in [2.05, 4.69) is 4.74 Å². The third-order valence-electron chi connectivity index (χ3n) is 1.97. The molecule has 0 spiro atoms. The van der Waals surface area contributed by atoms with Gasteiger partial charge in [0.05, 0.1) is 18.7 Å². The van der Waals surface area contributed by atoms with Crippen LogP contribution in [-0.2, 0) is 9.53 Å². The van der Waals surface area contributed by atoms with Crippen LogP contribution in [0.15, 0.2) is 18.2 Å². The number of hydrogen-bond donors (Lipinski definition) is 1. The summed E-state index contributed by atoms with van der Waals surface area (Å²) in [5.41, 5.74) is 6.18. The number of benzene rings is 1. The fraction of sp³-hybridized carbons (Fsp3) is 0.364. The molecule has 0 aliphatic rings. The number of methoxy groups -OCH3 is 1. The van der Waals surface area contributed by atoms with Gasteiger partial charge in [-0.2, -0.15) is 0 Å². The molecule has 1 aromatic rings. The van der Waals surface area contributed by atoms with Gasteiger partial charge in [-0.3, -0.25) is 4.79 Å². The number of nitrogens with two attached hydrogens (primary N) is 1.